The fraction of sp³-hybridized carbons (Fsp3) is 0.375. The van der Waals surface area contributed by atoms with Crippen LogP contribution in [0.2, 0.25) is 5.02 Å². The molecule has 0 bridgehead atoms. The molecule has 7 nitrogen and oxygen atoms in total. The molecular weight excluding hydrogens is 470 g/mol. The minimum Gasteiger partial charge on any atom is -0.489 e. The molecule has 1 saturated heterocycles. The molecule has 0 radical (unpaired) electrons. The van der Waals surface area contributed by atoms with E-state index in [9.17, 15) is 23.2 Å². The number of carbonyl (C=O) groups excluding carboxylic acids is 3. The van der Waals surface area contributed by atoms with Gasteiger partial charge in [-0.25, -0.2) is 8.78 Å². The summed E-state index contributed by atoms with van der Waals surface area (Å²) in [7, 11) is 0. The second-order valence-corrected chi connectivity index (χ2v) is 8.08. The van der Waals surface area contributed by atoms with Crippen LogP contribution >= 0.6 is 11.6 Å². The summed E-state index contributed by atoms with van der Waals surface area (Å²) in [5.74, 6) is -2.20. The third-order valence-corrected chi connectivity index (χ3v) is 5.60. The van der Waals surface area contributed by atoms with Gasteiger partial charge in [-0.3, -0.25) is 19.3 Å². The number of amides is 2. The molecule has 0 spiro atoms. The second-order valence-electron chi connectivity index (χ2n) is 7.67. The Balaban J connectivity index is 1.61. The van der Waals surface area contributed by atoms with Crippen molar-refractivity contribution in [2.75, 3.05) is 19.8 Å². The first-order valence-corrected chi connectivity index (χ1v) is 11.2. The Morgan fingerprint density at radius 2 is 1.85 bits per heavy atom. The normalized spacial score (nSPS) is 14.4. The van der Waals surface area contributed by atoms with Crippen molar-refractivity contribution in [2.24, 2.45) is 0 Å². The maximum absolute atomic E-state index is 14.5. The van der Waals surface area contributed by atoms with Gasteiger partial charge in [-0.15, -0.1) is 0 Å². The highest BCUT2D eigenvalue weighted by molar-refractivity contribution is 6.30. The lowest BCUT2D eigenvalue weighted by Gasteiger charge is -2.19. The molecule has 2 amide bonds. The number of nitrogens with zero attached hydrogens (tertiary/aromatic N) is 1. The molecule has 1 atom stereocenters. The van der Waals surface area contributed by atoms with Gasteiger partial charge in [0.2, 0.25) is 11.8 Å². The van der Waals surface area contributed by atoms with Crippen molar-refractivity contribution in [1.82, 2.24) is 10.2 Å². The summed E-state index contributed by atoms with van der Waals surface area (Å²) in [5.41, 5.74) is 1.07. The number of rotatable bonds is 11. The molecule has 182 valence electrons. The van der Waals surface area contributed by atoms with Crippen LogP contribution in [0.3, 0.4) is 0 Å². The number of nitrogens with one attached hydrogen (secondary N) is 1. The van der Waals surface area contributed by atoms with Gasteiger partial charge < -0.3 is 14.8 Å². The second kappa shape index (κ2) is 11.9. The van der Waals surface area contributed by atoms with Crippen LogP contribution in [-0.2, 0) is 25.7 Å². The summed E-state index contributed by atoms with van der Waals surface area (Å²) in [4.78, 5) is 36.4. The van der Waals surface area contributed by atoms with Crippen LogP contribution in [0.1, 0.15) is 43.4 Å². The van der Waals surface area contributed by atoms with E-state index in [1.165, 1.54) is 24.3 Å². The summed E-state index contributed by atoms with van der Waals surface area (Å²) in [6.45, 7) is 2.13. The van der Waals surface area contributed by atoms with Gasteiger partial charge >= 0.3 is 5.97 Å². The first-order chi connectivity index (χ1) is 16.3. The minimum atomic E-state index is -0.613. The van der Waals surface area contributed by atoms with Crippen LogP contribution in [0, 0.1) is 11.6 Å². The summed E-state index contributed by atoms with van der Waals surface area (Å²) in [5, 5.41) is 3.09. The average Bonchev–Trinajstić information content (AvgIpc) is 3.12. The monoisotopic (exact) mass is 494 g/mol. The van der Waals surface area contributed by atoms with Gasteiger partial charge in [0.05, 0.1) is 24.6 Å². The molecule has 0 saturated carbocycles. The molecule has 10 heteroatoms. The number of halogens is 3. The number of hydrogen-bond donors (Lipinski definition) is 1. The predicted octanol–water partition coefficient (Wildman–Crippen LogP) is 3.93. The van der Waals surface area contributed by atoms with E-state index in [4.69, 9.17) is 21.1 Å². The lowest BCUT2D eigenvalue weighted by molar-refractivity contribution is -0.144. The van der Waals surface area contributed by atoms with E-state index in [1.54, 1.807) is 19.1 Å². The van der Waals surface area contributed by atoms with Crippen LogP contribution in [0.5, 0.6) is 5.75 Å². The fourth-order valence-electron chi connectivity index (χ4n) is 3.56. The van der Waals surface area contributed by atoms with Gasteiger partial charge in [-0.1, -0.05) is 23.7 Å². The number of ether oxygens (including phenoxy) is 2. The Bertz CT molecular complexity index is 1050. The maximum Gasteiger partial charge on any atom is 0.307 e. The third kappa shape index (κ3) is 6.74. The van der Waals surface area contributed by atoms with Gasteiger partial charge in [0.1, 0.15) is 12.4 Å². The molecule has 1 fully saturated rings. The zero-order valence-corrected chi connectivity index (χ0v) is 19.4. The Morgan fingerprint density at radius 1 is 1.12 bits per heavy atom. The van der Waals surface area contributed by atoms with E-state index in [2.05, 4.69) is 5.32 Å². The molecule has 0 aromatic heterocycles. The largest absolute Gasteiger partial charge is 0.489 e. The van der Waals surface area contributed by atoms with Crippen LogP contribution < -0.4 is 10.1 Å². The van der Waals surface area contributed by atoms with E-state index in [-0.39, 0.29) is 68.2 Å². The van der Waals surface area contributed by atoms with Crippen molar-refractivity contribution in [3.8, 4) is 5.75 Å². The van der Waals surface area contributed by atoms with Crippen molar-refractivity contribution in [1.29, 1.82) is 0 Å². The van der Waals surface area contributed by atoms with Gasteiger partial charge in [0.25, 0.3) is 0 Å². The molecule has 1 aliphatic rings. The smallest absolute Gasteiger partial charge is 0.307 e. The van der Waals surface area contributed by atoms with E-state index in [0.717, 1.165) is 4.90 Å². The zero-order valence-electron chi connectivity index (χ0n) is 18.6. The van der Waals surface area contributed by atoms with Crippen LogP contribution in [0.4, 0.5) is 8.78 Å². The average molecular weight is 495 g/mol. The number of esters is 1. The van der Waals surface area contributed by atoms with Crippen molar-refractivity contribution in [3.63, 3.8) is 0 Å². The van der Waals surface area contributed by atoms with Gasteiger partial charge in [-0.2, -0.15) is 0 Å². The van der Waals surface area contributed by atoms with Gasteiger partial charge in [0, 0.05) is 25.4 Å². The molecule has 1 aliphatic heterocycles. The highest BCUT2D eigenvalue weighted by Gasteiger charge is 2.28. The molecule has 1 N–H and O–H groups in total. The lowest BCUT2D eigenvalue weighted by Crippen LogP contribution is -2.33. The van der Waals surface area contributed by atoms with E-state index >= 15 is 0 Å². The zero-order chi connectivity index (χ0) is 24.7. The molecule has 3 rings (SSSR count). The van der Waals surface area contributed by atoms with E-state index in [1.807, 2.05) is 0 Å². The minimum absolute atomic E-state index is 0.00862. The van der Waals surface area contributed by atoms with Crippen molar-refractivity contribution in [3.05, 3.63) is 64.2 Å². The maximum atomic E-state index is 14.5. The Labute approximate surface area is 201 Å². The molecular formula is C24H25ClF2N2O5. The highest BCUT2D eigenvalue weighted by Crippen LogP contribution is 2.24. The Morgan fingerprint density at radius 3 is 2.50 bits per heavy atom. The van der Waals surface area contributed by atoms with Gasteiger partial charge in [0.15, 0.2) is 11.6 Å². The molecule has 0 aliphatic carbocycles. The number of likely N-dealkylation sites (tertiary alicyclic amines) is 1. The summed E-state index contributed by atoms with van der Waals surface area (Å²) >= 11 is 5.76. The van der Waals surface area contributed by atoms with Crippen LogP contribution in [0.25, 0.3) is 0 Å². The van der Waals surface area contributed by atoms with Crippen LogP contribution in [-0.4, -0.2) is 42.4 Å². The Kier molecular flexibility index (Phi) is 8.95. The fourth-order valence-corrected chi connectivity index (χ4v) is 3.67. The van der Waals surface area contributed by atoms with Crippen molar-refractivity contribution >= 4 is 29.4 Å². The standard InChI is InChI=1S/C24H25ClF2N2O5/c1-2-33-24(32)13-20(16-4-5-17(25)18(26)12-16)28-14-15-3-6-21(19(27)11-15)34-10-9-29-22(30)7-8-23(29)31/h3-6,11-12,20,28H,2,7-10,13-14H2,1H3. The van der Waals surface area contributed by atoms with Crippen molar-refractivity contribution in [2.45, 2.75) is 38.8 Å². The Hall–Kier alpha value is -3.04. The number of benzene rings is 2. The first-order valence-electron chi connectivity index (χ1n) is 10.9. The van der Waals surface area contributed by atoms with Gasteiger partial charge in [-0.05, 0) is 42.3 Å². The van der Waals surface area contributed by atoms with Crippen LogP contribution in [0.15, 0.2) is 36.4 Å². The molecule has 34 heavy (non-hydrogen) atoms. The molecule has 2 aromatic rings. The quantitative estimate of drug-likeness (QED) is 0.376. The lowest BCUT2D eigenvalue weighted by atomic mass is 10.0. The summed E-state index contributed by atoms with van der Waals surface area (Å²) in [6.07, 6.45) is 0.329. The number of hydrogen-bond acceptors (Lipinski definition) is 6. The third-order valence-electron chi connectivity index (χ3n) is 5.30. The number of carbonyl (C=O) groups is 3. The number of imide groups is 1. The summed E-state index contributed by atoms with van der Waals surface area (Å²) < 4.78 is 38.9. The SMILES string of the molecule is CCOC(=O)CC(NCc1ccc(OCCN2C(=O)CCC2=O)c(F)c1)c1ccc(Cl)c(F)c1. The van der Waals surface area contributed by atoms with E-state index in [0.29, 0.717) is 11.1 Å². The summed E-state index contributed by atoms with van der Waals surface area (Å²) in [6, 6.07) is 8.03. The molecule has 2 aromatic carbocycles. The highest BCUT2D eigenvalue weighted by atomic mass is 35.5. The molecule has 1 heterocycles. The van der Waals surface area contributed by atoms with E-state index < -0.39 is 23.6 Å². The molecule has 1 unspecified atom stereocenters. The predicted molar refractivity (Wildman–Crippen MR) is 120 cm³/mol. The topological polar surface area (TPSA) is 84.9 Å². The van der Waals surface area contributed by atoms with Crippen molar-refractivity contribution < 1.29 is 32.6 Å². The first kappa shape index (κ1) is 25.6.